The van der Waals surface area contributed by atoms with Crippen molar-refractivity contribution in [3.63, 3.8) is 0 Å². The largest absolute Gasteiger partial charge is 0.306 e. The van der Waals surface area contributed by atoms with Gasteiger partial charge in [-0.1, -0.05) is 72.0 Å². The molecule has 0 saturated carbocycles. The second-order valence-electron chi connectivity index (χ2n) is 8.03. The van der Waals surface area contributed by atoms with E-state index in [0.29, 0.717) is 12.3 Å². The highest BCUT2D eigenvalue weighted by atomic mass is 32.2. The molecule has 2 aromatic carbocycles. The molecule has 0 atom stereocenters. The fourth-order valence-corrected chi connectivity index (χ4v) is 5.91. The fourth-order valence-electron chi connectivity index (χ4n) is 3.99. The molecule has 5 rings (SSSR count). The lowest BCUT2D eigenvalue weighted by molar-refractivity contribution is -0.116. The standard InChI is InChI=1S/C24H25N5OS2/c1-17-9-8-12-19-22(17)25-23(32-19)29(15-18-10-4-2-5-11-18)21(30)16-31-24-27-26-20-13-6-3-7-14-28(20)24/h2,4-5,8-12H,3,6-7,13-16H2,1H3. The van der Waals surface area contributed by atoms with Crippen LogP contribution in [0.4, 0.5) is 5.13 Å². The van der Waals surface area contributed by atoms with Gasteiger partial charge in [0.05, 0.1) is 22.5 Å². The maximum absolute atomic E-state index is 13.5. The number of fused-ring (bicyclic) bond motifs is 2. The van der Waals surface area contributed by atoms with Gasteiger partial charge in [0.1, 0.15) is 5.82 Å². The maximum Gasteiger partial charge on any atom is 0.239 e. The smallest absolute Gasteiger partial charge is 0.239 e. The van der Waals surface area contributed by atoms with Gasteiger partial charge in [-0.2, -0.15) is 0 Å². The number of para-hydroxylation sites is 1. The zero-order valence-electron chi connectivity index (χ0n) is 18.0. The van der Waals surface area contributed by atoms with Crippen molar-refractivity contribution in [1.82, 2.24) is 19.7 Å². The van der Waals surface area contributed by atoms with E-state index < -0.39 is 0 Å². The summed E-state index contributed by atoms with van der Waals surface area (Å²) in [7, 11) is 0. The van der Waals surface area contributed by atoms with Gasteiger partial charge < -0.3 is 4.57 Å². The van der Waals surface area contributed by atoms with Crippen LogP contribution in [0.25, 0.3) is 10.2 Å². The Morgan fingerprint density at radius 2 is 1.97 bits per heavy atom. The van der Waals surface area contributed by atoms with Gasteiger partial charge in [-0.05, 0) is 37.0 Å². The van der Waals surface area contributed by atoms with E-state index in [9.17, 15) is 4.79 Å². The molecule has 0 saturated heterocycles. The second-order valence-corrected chi connectivity index (χ2v) is 9.98. The summed E-state index contributed by atoms with van der Waals surface area (Å²) in [4.78, 5) is 20.1. The van der Waals surface area contributed by atoms with Crippen molar-refractivity contribution in [3.05, 3.63) is 65.5 Å². The number of nitrogens with zero attached hydrogens (tertiary/aromatic N) is 5. The van der Waals surface area contributed by atoms with Crippen molar-refractivity contribution < 1.29 is 4.79 Å². The Balaban J connectivity index is 1.40. The summed E-state index contributed by atoms with van der Waals surface area (Å²) in [5.41, 5.74) is 3.17. The van der Waals surface area contributed by atoms with Crippen molar-refractivity contribution in [3.8, 4) is 0 Å². The molecule has 8 heteroatoms. The topological polar surface area (TPSA) is 63.9 Å². The molecule has 164 valence electrons. The van der Waals surface area contributed by atoms with E-state index in [-0.39, 0.29) is 5.91 Å². The van der Waals surface area contributed by atoms with Crippen LogP contribution in [0.3, 0.4) is 0 Å². The SMILES string of the molecule is Cc1cccc2sc(N(Cc3ccccc3)C(=O)CSc3nnc4n3CCCCC4)nc12. The van der Waals surface area contributed by atoms with Crippen LogP contribution in [0, 0.1) is 6.92 Å². The predicted octanol–water partition coefficient (Wildman–Crippen LogP) is 5.25. The van der Waals surface area contributed by atoms with Gasteiger partial charge in [0.15, 0.2) is 10.3 Å². The molecule has 1 amide bonds. The highest BCUT2D eigenvalue weighted by Crippen LogP contribution is 2.32. The molecule has 0 unspecified atom stereocenters. The molecule has 0 fully saturated rings. The third kappa shape index (κ3) is 4.42. The molecule has 1 aliphatic rings. The minimum atomic E-state index is 0.0292. The molecule has 0 spiro atoms. The van der Waals surface area contributed by atoms with Crippen LogP contribution < -0.4 is 4.90 Å². The first-order valence-corrected chi connectivity index (χ1v) is 12.7. The van der Waals surface area contributed by atoms with Crippen LogP contribution in [0.5, 0.6) is 0 Å². The second kappa shape index (κ2) is 9.42. The monoisotopic (exact) mass is 463 g/mol. The summed E-state index contributed by atoms with van der Waals surface area (Å²) < 4.78 is 3.29. The molecule has 1 aliphatic heterocycles. The van der Waals surface area contributed by atoms with Crippen molar-refractivity contribution >= 4 is 44.4 Å². The van der Waals surface area contributed by atoms with Crippen LogP contribution in [0.1, 0.15) is 36.2 Å². The molecule has 0 radical (unpaired) electrons. The van der Waals surface area contributed by atoms with Crippen LogP contribution in [-0.4, -0.2) is 31.4 Å². The molecule has 6 nitrogen and oxygen atoms in total. The van der Waals surface area contributed by atoms with Gasteiger partial charge in [0, 0.05) is 13.0 Å². The number of thioether (sulfide) groups is 1. The average Bonchev–Trinajstić information content (AvgIpc) is 3.34. The Hall–Kier alpha value is -2.71. The first-order valence-electron chi connectivity index (χ1n) is 10.9. The van der Waals surface area contributed by atoms with E-state index in [1.54, 1.807) is 11.3 Å². The number of rotatable bonds is 6. The summed E-state index contributed by atoms with van der Waals surface area (Å²) >= 11 is 3.05. The number of aromatic nitrogens is 4. The van der Waals surface area contributed by atoms with Crippen molar-refractivity contribution in [2.24, 2.45) is 0 Å². The number of amides is 1. The number of aryl methyl sites for hydroxylation is 2. The quantitative estimate of drug-likeness (QED) is 0.366. The Morgan fingerprint density at radius 1 is 1.09 bits per heavy atom. The number of thiazole rings is 1. The number of carbonyl (C=O) groups excluding carboxylic acids is 1. The molecule has 0 N–H and O–H groups in total. The minimum absolute atomic E-state index is 0.0292. The van der Waals surface area contributed by atoms with Crippen LogP contribution in [0.2, 0.25) is 0 Å². The molecule has 2 aromatic heterocycles. The van der Waals surface area contributed by atoms with E-state index in [1.807, 2.05) is 41.3 Å². The first kappa shape index (κ1) is 21.2. The summed E-state index contributed by atoms with van der Waals surface area (Å²) in [5.74, 6) is 1.38. The highest BCUT2D eigenvalue weighted by molar-refractivity contribution is 7.99. The number of hydrogen-bond donors (Lipinski definition) is 0. The van der Waals surface area contributed by atoms with Crippen molar-refractivity contribution in [2.45, 2.75) is 50.9 Å². The number of anilines is 1. The Labute approximate surface area is 195 Å². The summed E-state index contributed by atoms with van der Waals surface area (Å²) in [5, 5.41) is 10.3. The molecular formula is C24H25N5OS2. The lowest BCUT2D eigenvalue weighted by Crippen LogP contribution is -2.32. The Bertz CT molecular complexity index is 1230. The maximum atomic E-state index is 13.5. The van der Waals surface area contributed by atoms with Crippen LogP contribution in [-0.2, 0) is 24.3 Å². The van der Waals surface area contributed by atoms with E-state index in [0.717, 1.165) is 63.3 Å². The fraction of sp³-hybridized carbons (Fsp3) is 0.333. The number of benzene rings is 2. The van der Waals surface area contributed by atoms with Crippen LogP contribution in [0.15, 0.2) is 53.7 Å². The van der Waals surface area contributed by atoms with Gasteiger partial charge in [-0.15, -0.1) is 10.2 Å². The van der Waals surface area contributed by atoms with Crippen LogP contribution >= 0.6 is 23.1 Å². The first-order chi connectivity index (χ1) is 15.7. The third-order valence-corrected chi connectivity index (χ3v) is 7.72. The minimum Gasteiger partial charge on any atom is -0.306 e. The van der Waals surface area contributed by atoms with Crippen molar-refractivity contribution in [1.29, 1.82) is 0 Å². The lowest BCUT2D eigenvalue weighted by Gasteiger charge is -2.20. The van der Waals surface area contributed by atoms with Gasteiger partial charge in [-0.25, -0.2) is 4.98 Å². The lowest BCUT2D eigenvalue weighted by atomic mass is 10.2. The van der Waals surface area contributed by atoms with Gasteiger partial charge in [0.25, 0.3) is 0 Å². The molecule has 0 aliphatic carbocycles. The van der Waals surface area contributed by atoms with Gasteiger partial charge in [-0.3, -0.25) is 9.69 Å². The molecular weight excluding hydrogens is 438 g/mol. The molecule has 3 heterocycles. The Kier molecular flexibility index (Phi) is 6.23. The zero-order valence-corrected chi connectivity index (χ0v) is 19.7. The Morgan fingerprint density at radius 3 is 2.81 bits per heavy atom. The predicted molar refractivity (Wildman–Crippen MR) is 130 cm³/mol. The highest BCUT2D eigenvalue weighted by Gasteiger charge is 2.23. The number of hydrogen-bond acceptors (Lipinski definition) is 6. The number of carbonyl (C=O) groups is 1. The van der Waals surface area contributed by atoms with E-state index in [2.05, 4.69) is 33.8 Å². The molecule has 0 bridgehead atoms. The van der Waals surface area contributed by atoms with Gasteiger partial charge in [0.2, 0.25) is 5.91 Å². The summed E-state index contributed by atoms with van der Waals surface area (Å²) in [6.07, 6.45) is 4.47. The van der Waals surface area contributed by atoms with E-state index in [1.165, 1.54) is 18.2 Å². The summed E-state index contributed by atoms with van der Waals surface area (Å²) in [6, 6.07) is 16.2. The molecule has 4 aromatic rings. The molecule has 32 heavy (non-hydrogen) atoms. The van der Waals surface area contributed by atoms with Gasteiger partial charge >= 0.3 is 0 Å². The van der Waals surface area contributed by atoms with Crippen molar-refractivity contribution in [2.75, 3.05) is 10.7 Å². The normalized spacial score (nSPS) is 13.7. The third-order valence-electron chi connectivity index (χ3n) is 5.73. The van der Waals surface area contributed by atoms with E-state index in [4.69, 9.17) is 4.98 Å². The summed E-state index contributed by atoms with van der Waals surface area (Å²) in [6.45, 7) is 3.49. The average molecular weight is 464 g/mol. The van der Waals surface area contributed by atoms with E-state index >= 15 is 0 Å². The zero-order chi connectivity index (χ0) is 21.9.